The number of hydrogen-bond donors (Lipinski definition) is 0. The van der Waals surface area contributed by atoms with Gasteiger partial charge in [-0.25, -0.2) is 0 Å². The molecule has 0 heterocycles. The van der Waals surface area contributed by atoms with Crippen LogP contribution in [0.15, 0.2) is 170 Å². The summed E-state index contributed by atoms with van der Waals surface area (Å²) in [7, 11) is 0. The number of allylic oxidation sites excluding steroid dienone is 27. The molecule has 0 rings (SSSR count). The van der Waals surface area contributed by atoms with Gasteiger partial charge in [-0.2, -0.15) is 0 Å². The quantitative estimate of drug-likeness (QED) is 0.0347. The lowest BCUT2D eigenvalue weighted by Crippen LogP contribution is -2.30. The van der Waals surface area contributed by atoms with Crippen LogP contribution in [0.2, 0.25) is 0 Å². The minimum absolute atomic E-state index is 0.0173. The first-order valence-electron chi connectivity index (χ1n) is 24.7. The Morgan fingerprint density at radius 2 is 0.703 bits per heavy atom. The molecule has 0 aliphatic rings. The number of hydrogen-bond acceptors (Lipinski definition) is 5. The minimum Gasteiger partial charge on any atom is -0.461 e. The van der Waals surface area contributed by atoms with Crippen molar-refractivity contribution in [2.75, 3.05) is 19.8 Å². The molecule has 0 bridgehead atoms. The van der Waals surface area contributed by atoms with Crippen molar-refractivity contribution in [1.29, 1.82) is 0 Å². The number of carbonyl (C=O) groups excluding carboxylic acids is 2. The Hall–Kier alpha value is -4.74. The molecule has 5 heteroatoms. The normalized spacial score (nSPS) is 13.7. The van der Waals surface area contributed by atoms with E-state index in [0.717, 1.165) is 128 Å². The summed E-state index contributed by atoms with van der Waals surface area (Å²) in [5.41, 5.74) is 0. The Morgan fingerprint density at radius 1 is 0.359 bits per heavy atom. The van der Waals surface area contributed by atoms with Gasteiger partial charge < -0.3 is 14.2 Å². The number of unbranched alkanes of at least 4 members (excludes halogenated alkanes) is 4. The maximum absolute atomic E-state index is 12.8. The third-order valence-electron chi connectivity index (χ3n) is 9.26. The van der Waals surface area contributed by atoms with Gasteiger partial charge in [-0.1, -0.05) is 197 Å². The fourth-order valence-corrected chi connectivity index (χ4v) is 5.73. The smallest absolute Gasteiger partial charge is 0.309 e. The molecular weight excluding hydrogens is 789 g/mol. The molecule has 0 amide bonds. The van der Waals surface area contributed by atoms with Crippen LogP contribution in [-0.4, -0.2) is 37.9 Å². The van der Waals surface area contributed by atoms with E-state index in [4.69, 9.17) is 14.2 Å². The average molecular weight is 877 g/mol. The number of esters is 2. The molecule has 0 aliphatic heterocycles. The fraction of sp³-hybridized carbons (Fsp3) is 0.492. The Bertz CT molecular complexity index is 1500. The Balaban J connectivity index is 4.57. The predicted octanol–water partition coefficient (Wildman–Crippen LogP) is 16.9. The van der Waals surface area contributed by atoms with Crippen molar-refractivity contribution < 1.29 is 23.8 Å². The van der Waals surface area contributed by atoms with Gasteiger partial charge in [-0.3, -0.25) is 9.59 Å². The largest absolute Gasteiger partial charge is 0.461 e. The Kier molecular flexibility index (Phi) is 48.7. The highest BCUT2D eigenvalue weighted by Gasteiger charge is 2.17. The molecule has 0 N–H and O–H groups in total. The first-order valence-corrected chi connectivity index (χ1v) is 24.7. The third kappa shape index (κ3) is 49.9. The van der Waals surface area contributed by atoms with E-state index < -0.39 is 6.10 Å². The van der Waals surface area contributed by atoms with Gasteiger partial charge >= 0.3 is 11.9 Å². The van der Waals surface area contributed by atoms with E-state index in [1.165, 1.54) is 0 Å². The lowest BCUT2D eigenvalue weighted by atomic mass is 10.1. The van der Waals surface area contributed by atoms with Crippen molar-refractivity contribution >= 4 is 11.9 Å². The van der Waals surface area contributed by atoms with Crippen LogP contribution in [0.3, 0.4) is 0 Å². The Labute approximate surface area is 392 Å². The number of carbonyl (C=O) groups is 2. The molecule has 0 spiro atoms. The summed E-state index contributed by atoms with van der Waals surface area (Å²) in [6.45, 7) is 7.15. The molecule has 0 saturated heterocycles. The zero-order chi connectivity index (χ0) is 46.3. The van der Waals surface area contributed by atoms with Gasteiger partial charge in [0.25, 0.3) is 0 Å². The van der Waals surface area contributed by atoms with Crippen molar-refractivity contribution in [3.63, 3.8) is 0 Å². The zero-order valence-corrected chi connectivity index (χ0v) is 40.5. The predicted molar refractivity (Wildman–Crippen MR) is 278 cm³/mol. The van der Waals surface area contributed by atoms with Crippen LogP contribution in [0.25, 0.3) is 0 Å². The second-order valence-corrected chi connectivity index (χ2v) is 15.2. The molecular formula is C59H88O5. The third-order valence-corrected chi connectivity index (χ3v) is 9.26. The van der Waals surface area contributed by atoms with Gasteiger partial charge in [-0.15, -0.1) is 0 Å². The summed E-state index contributed by atoms with van der Waals surface area (Å²) in [4.78, 5) is 25.3. The molecule has 354 valence electrons. The van der Waals surface area contributed by atoms with Gasteiger partial charge in [-0.05, 0) is 122 Å². The summed E-state index contributed by atoms with van der Waals surface area (Å²) >= 11 is 0. The van der Waals surface area contributed by atoms with Crippen molar-refractivity contribution in [3.8, 4) is 0 Å². The van der Waals surface area contributed by atoms with E-state index in [-0.39, 0.29) is 31.6 Å². The van der Waals surface area contributed by atoms with Crippen LogP contribution >= 0.6 is 0 Å². The summed E-state index contributed by atoms with van der Waals surface area (Å²) in [6.07, 6.45) is 79.7. The van der Waals surface area contributed by atoms with Crippen LogP contribution in [0.4, 0.5) is 0 Å². The molecule has 1 atom stereocenters. The molecule has 0 aromatic rings. The molecule has 0 fully saturated rings. The van der Waals surface area contributed by atoms with Crippen LogP contribution in [-0.2, 0) is 23.8 Å². The first kappa shape index (κ1) is 59.3. The van der Waals surface area contributed by atoms with Crippen LogP contribution < -0.4 is 0 Å². The SMILES string of the molecule is CC/C=C\C/C=C\C/C=C\C/C=C\C/C=C\C/C=C\CCCOCC(COC(=O)C/C=C\C/C=C\C/C=C\C/C=C\C/C=C\CC)OC(=O)CCCCC/C=C\C/C=C\C/C=C\CC. The molecule has 1 unspecified atom stereocenters. The summed E-state index contributed by atoms with van der Waals surface area (Å²) in [5.74, 6) is -0.629. The molecule has 64 heavy (non-hydrogen) atoms. The lowest BCUT2D eigenvalue weighted by Gasteiger charge is -2.18. The highest BCUT2D eigenvalue weighted by Crippen LogP contribution is 2.09. The van der Waals surface area contributed by atoms with Gasteiger partial charge in [0.1, 0.15) is 6.61 Å². The van der Waals surface area contributed by atoms with Crippen molar-refractivity contribution in [2.45, 2.75) is 168 Å². The van der Waals surface area contributed by atoms with Crippen molar-refractivity contribution in [1.82, 2.24) is 0 Å². The molecule has 0 aliphatic carbocycles. The molecule has 0 aromatic heterocycles. The van der Waals surface area contributed by atoms with E-state index in [1.54, 1.807) is 0 Å². The number of rotatable bonds is 42. The maximum atomic E-state index is 12.8. The number of ether oxygens (including phenoxy) is 3. The van der Waals surface area contributed by atoms with E-state index in [2.05, 4.69) is 179 Å². The van der Waals surface area contributed by atoms with Crippen LogP contribution in [0.1, 0.15) is 162 Å². The summed E-state index contributed by atoms with van der Waals surface area (Å²) in [6, 6.07) is 0. The second kappa shape index (κ2) is 52.6. The van der Waals surface area contributed by atoms with Gasteiger partial charge in [0, 0.05) is 13.0 Å². The molecule has 0 radical (unpaired) electrons. The highest BCUT2D eigenvalue weighted by atomic mass is 16.6. The average Bonchev–Trinajstić information content (AvgIpc) is 3.30. The van der Waals surface area contributed by atoms with Gasteiger partial charge in [0.2, 0.25) is 0 Å². The van der Waals surface area contributed by atoms with Gasteiger partial charge in [0.05, 0.1) is 13.0 Å². The standard InChI is InChI=1S/C59H88O5/c1-4-7-10-13-16-19-22-25-27-28-29-30-31-33-36-39-42-45-48-51-54-62-55-57(64-59(61)53-50-47-44-41-38-34-24-21-18-15-12-9-6-3)56-63-58(60)52-49-46-43-40-37-35-32-26-23-20-17-14-11-8-5-2/h7-12,16-21,25-27,29-30,32-34,36-38,40,42,45-46,49,57H,4-6,13-15,22-24,28,31,35,39,41,43-44,47-48,50-56H2,1-3H3/b10-7-,11-8-,12-9-,19-16-,20-17-,21-18-,27-25-,30-29-,32-26-,36-33-,38-34-,40-37-,45-42-,49-46-. The van der Waals surface area contributed by atoms with Crippen LogP contribution in [0.5, 0.6) is 0 Å². The molecule has 5 nitrogen and oxygen atoms in total. The van der Waals surface area contributed by atoms with E-state index >= 15 is 0 Å². The van der Waals surface area contributed by atoms with E-state index in [1.807, 2.05) is 12.2 Å². The molecule has 0 saturated carbocycles. The Morgan fingerprint density at radius 3 is 1.09 bits per heavy atom. The summed E-state index contributed by atoms with van der Waals surface area (Å²) in [5, 5.41) is 0. The summed E-state index contributed by atoms with van der Waals surface area (Å²) < 4.78 is 17.2. The lowest BCUT2D eigenvalue weighted by molar-refractivity contribution is -0.162. The van der Waals surface area contributed by atoms with E-state index in [9.17, 15) is 9.59 Å². The monoisotopic (exact) mass is 877 g/mol. The maximum Gasteiger partial charge on any atom is 0.309 e. The van der Waals surface area contributed by atoms with E-state index in [0.29, 0.717) is 13.0 Å². The highest BCUT2D eigenvalue weighted by molar-refractivity contribution is 5.71. The van der Waals surface area contributed by atoms with Crippen LogP contribution in [0, 0.1) is 0 Å². The van der Waals surface area contributed by atoms with Crippen molar-refractivity contribution in [3.05, 3.63) is 170 Å². The second-order valence-electron chi connectivity index (χ2n) is 15.2. The first-order chi connectivity index (χ1) is 31.6. The fourth-order valence-electron chi connectivity index (χ4n) is 5.73. The minimum atomic E-state index is -0.635. The zero-order valence-electron chi connectivity index (χ0n) is 40.5. The van der Waals surface area contributed by atoms with Crippen molar-refractivity contribution in [2.24, 2.45) is 0 Å². The molecule has 0 aromatic carbocycles. The van der Waals surface area contributed by atoms with Gasteiger partial charge in [0.15, 0.2) is 6.10 Å². The topological polar surface area (TPSA) is 61.8 Å².